The van der Waals surface area contributed by atoms with Gasteiger partial charge in [0.2, 0.25) is 10.0 Å². The predicted octanol–water partition coefficient (Wildman–Crippen LogP) is 5.71. The number of hydrogen-bond donors (Lipinski definition) is 1. The maximum atomic E-state index is 13.5. The van der Waals surface area contributed by atoms with Crippen LogP contribution in [0.15, 0.2) is 71.6 Å². The number of hydrogen-bond acceptors (Lipinski definition) is 3. The number of halogens is 7. The van der Waals surface area contributed by atoms with Gasteiger partial charge < -0.3 is 0 Å². The number of sulfonamides is 1. The minimum atomic E-state index is -4.96. The summed E-state index contributed by atoms with van der Waals surface area (Å²) >= 11 is 0. The van der Waals surface area contributed by atoms with Crippen LogP contribution in [0.1, 0.15) is 16.7 Å². The Morgan fingerprint density at radius 3 is 2.11 bits per heavy atom. The minimum Gasteiger partial charge on any atom is -0.299 e. The van der Waals surface area contributed by atoms with Crippen LogP contribution < -0.4 is 4.72 Å². The summed E-state index contributed by atoms with van der Waals surface area (Å²) in [6.45, 7) is -1.80. The fourth-order valence-electron chi connectivity index (χ4n) is 3.45. The fourth-order valence-corrected chi connectivity index (χ4v) is 4.51. The van der Waals surface area contributed by atoms with Gasteiger partial charge in [0.1, 0.15) is 18.1 Å². The highest BCUT2D eigenvalue weighted by molar-refractivity contribution is 7.89. The van der Waals surface area contributed by atoms with Crippen LogP contribution in [0, 0.1) is 5.82 Å². The van der Waals surface area contributed by atoms with Crippen molar-refractivity contribution in [2.24, 2.45) is 0 Å². The van der Waals surface area contributed by atoms with Crippen LogP contribution in [0.5, 0.6) is 0 Å². The molecule has 3 aromatic rings. The van der Waals surface area contributed by atoms with E-state index >= 15 is 0 Å². The molecule has 0 aliphatic heterocycles. The fraction of sp³-hybridized carbons (Fsp3) is 0.208. The van der Waals surface area contributed by atoms with Crippen LogP contribution in [-0.2, 0) is 33.8 Å². The first-order valence-electron chi connectivity index (χ1n) is 10.3. The van der Waals surface area contributed by atoms with Crippen molar-refractivity contribution in [1.29, 1.82) is 0 Å². The van der Waals surface area contributed by atoms with Crippen molar-refractivity contribution in [2.45, 2.75) is 30.1 Å². The smallest absolute Gasteiger partial charge is 0.299 e. The van der Waals surface area contributed by atoms with Crippen molar-refractivity contribution >= 4 is 15.8 Å². The molecule has 12 heteroatoms. The van der Waals surface area contributed by atoms with Crippen LogP contribution in [0.4, 0.5) is 30.7 Å². The van der Waals surface area contributed by atoms with Crippen molar-refractivity contribution in [2.75, 3.05) is 6.54 Å². The molecule has 0 saturated carbocycles. The van der Waals surface area contributed by atoms with Gasteiger partial charge in [0.25, 0.3) is 0 Å². The highest BCUT2D eigenvalue weighted by Gasteiger charge is 2.34. The average Bonchev–Trinajstić information content (AvgIpc) is 2.78. The first kappa shape index (κ1) is 27.3. The first-order valence-corrected chi connectivity index (χ1v) is 11.8. The van der Waals surface area contributed by atoms with E-state index in [1.807, 2.05) is 0 Å². The number of rotatable bonds is 8. The Hall–Kier alpha value is -3.25. The van der Waals surface area contributed by atoms with Gasteiger partial charge in [0, 0.05) is 12.8 Å². The number of nitrogens with one attached hydrogen (secondary N) is 1. The summed E-state index contributed by atoms with van der Waals surface area (Å²) in [5.41, 5.74) is -0.506. The van der Waals surface area contributed by atoms with E-state index in [9.17, 15) is 43.9 Å². The molecule has 0 spiro atoms. The molecule has 0 atom stereocenters. The third-order valence-corrected chi connectivity index (χ3v) is 6.46. The lowest BCUT2D eigenvalue weighted by molar-refractivity contribution is -0.140. The molecule has 0 heterocycles. The Kier molecular flexibility index (Phi) is 7.89. The number of carbonyl (C=O) groups is 1. The first-order chi connectivity index (χ1) is 16.7. The Morgan fingerprint density at radius 2 is 1.50 bits per heavy atom. The van der Waals surface area contributed by atoms with Crippen LogP contribution in [0.3, 0.4) is 0 Å². The van der Waals surface area contributed by atoms with Gasteiger partial charge in [-0.2, -0.15) is 26.3 Å². The molecular weight excluding hydrogens is 515 g/mol. The minimum absolute atomic E-state index is 0.106. The lowest BCUT2D eigenvalue weighted by atomic mass is 9.94. The molecule has 0 amide bonds. The maximum Gasteiger partial charge on any atom is 0.419 e. The summed E-state index contributed by atoms with van der Waals surface area (Å²) in [5, 5.41) is 0. The lowest BCUT2D eigenvalue weighted by Crippen LogP contribution is -2.33. The van der Waals surface area contributed by atoms with Crippen molar-refractivity contribution in [3.8, 4) is 11.1 Å². The summed E-state index contributed by atoms with van der Waals surface area (Å²) in [5.74, 6) is -2.11. The molecule has 0 fully saturated rings. The van der Waals surface area contributed by atoms with Crippen molar-refractivity contribution in [3.05, 3.63) is 89.2 Å². The largest absolute Gasteiger partial charge is 0.419 e. The molecule has 36 heavy (non-hydrogen) atoms. The molecule has 0 aliphatic rings. The van der Waals surface area contributed by atoms with E-state index in [0.29, 0.717) is 23.3 Å². The summed E-state index contributed by atoms with van der Waals surface area (Å²) in [6, 6.07) is 14.0. The topological polar surface area (TPSA) is 63.2 Å². The van der Waals surface area contributed by atoms with Gasteiger partial charge in [-0.25, -0.2) is 17.5 Å². The number of benzene rings is 3. The number of ketones is 1. The van der Waals surface area contributed by atoms with Crippen molar-refractivity contribution < 1.29 is 43.9 Å². The third-order valence-electron chi connectivity index (χ3n) is 5.06. The molecule has 192 valence electrons. The van der Waals surface area contributed by atoms with Crippen LogP contribution in [0.2, 0.25) is 0 Å². The molecule has 3 aromatic carbocycles. The van der Waals surface area contributed by atoms with Gasteiger partial charge in [-0.05, 0) is 46.5 Å². The van der Waals surface area contributed by atoms with E-state index in [1.165, 1.54) is 10.8 Å². The molecule has 0 bridgehead atoms. The second-order valence-corrected chi connectivity index (χ2v) is 9.60. The number of alkyl halides is 6. The normalized spacial score (nSPS) is 12.5. The molecule has 0 radical (unpaired) electrons. The molecule has 4 nitrogen and oxygen atoms in total. The quantitative estimate of drug-likeness (QED) is 0.378. The van der Waals surface area contributed by atoms with Crippen LogP contribution in [-0.4, -0.2) is 26.9 Å². The zero-order chi connectivity index (χ0) is 26.7. The second-order valence-electron chi connectivity index (χ2n) is 7.83. The zero-order valence-electron chi connectivity index (χ0n) is 18.3. The Balaban J connectivity index is 1.94. The summed E-state index contributed by atoms with van der Waals surface area (Å²) in [7, 11) is -4.58. The number of Topliss-reactive ketones (excluding diaryl/α,β-unsaturated/α-hetero) is 1. The lowest BCUT2D eigenvalue weighted by Gasteiger charge is -2.14. The highest BCUT2D eigenvalue weighted by Crippen LogP contribution is 2.32. The average molecular weight is 533 g/mol. The Labute approximate surface area is 201 Å². The van der Waals surface area contributed by atoms with Gasteiger partial charge in [0.15, 0.2) is 0 Å². The third kappa shape index (κ3) is 7.14. The summed E-state index contributed by atoms with van der Waals surface area (Å²) in [6.07, 6.45) is -10.7. The van der Waals surface area contributed by atoms with Gasteiger partial charge in [0.05, 0.1) is 10.5 Å². The van der Waals surface area contributed by atoms with E-state index < -0.39 is 63.8 Å². The molecule has 3 rings (SSSR count). The predicted molar refractivity (Wildman–Crippen MR) is 117 cm³/mol. The van der Waals surface area contributed by atoms with Crippen molar-refractivity contribution in [1.82, 2.24) is 4.72 Å². The summed E-state index contributed by atoms with van der Waals surface area (Å²) < 4.78 is 116. The van der Waals surface area contributed by atoms with Gasteiger partial charge in [-0.3, -0.25) is 4.79 Å². The van der Waals surface area contributed by atoms with E-state index in [2.05, 4.69) is 0 Å². The standard InChI is InChI=1S/C24H18F7NO3S/c25-22-9-6-15(11-21(22)24(29,30)31)10-18(33)12-17-13-19(36(34,35)32-14-23(26,27)28)7-8-20(17)16-4-2-1-3-5-16/h1-9,11,13,32H,10,12,14H2. The van der Waals surface area contributed by atoms with E-state index in [4.69, 9.17) is 0 Å². The molecular formula is C24H18F7NO3S. The molecule has 0 aromatic heterocycles. The van der Waals surface area contributed by atoms with Gasteiger partial charge in [-0.1, -0.05) is 42.5 Å². The van der Waals surface area contributed by atoms with E-state index in [0.717, 1.165) is 18.2 Å². The second kappa shape index (κ2) is 10.4. The van der Waals surface area contributed by atoms with Crippen molar-refractivity contribution in [3.63, 3.8) is 0 Å². The monoisotopic (exact) mass is 533 g/mol. The van der Waals surface area contributed by atoms with E-state index in [-0.39, 0.29) is 11.1 Å². The molecule has 0 unspecified atom stereocenters. The SMILES string of the molecule is O=C(Cc1ccc(F)c(C(F)(F)F)c1)Cc1cc(S(=O)(=O)NCC(F)(F)F)ccc1-c1ccccc1. The molecule has 0 aliphatic carbocycles. The highest BCUT2D eigenvalue weighted by atomic mass is 32.2. The van der Waals surface area contributed by atoms with Crippen LogP contribution >= 0.6 is 0 Å². The van der Waals surface area contributed by atoms with Crippen LogP contribution in [0.25, 0.3) is 11.1 Å². The summed E-state index contributed by atoms with van der Waals surface area (Å²) in [4.78, 5) is 12.2. The maximum absolute atomic E-state index is 13.5. The van der Waals surface area contributed by atoms with E-state index in [1.54, 1.807) is 30.3 Å². The molecule has 0 saturated heterocycles. The van der Waals surface area contributed by atoms with Gasteiger partial charge >= 0.3 is 12.4 Å². The molecule has 1 N–H and O–H groups in total. The Morgan fingerprint density at radius 1 is 0.833 bits per heavy atom. The zero-order valence-corrected chi connectivity index (χ0v) is 19.1. The van der Waals surface area contributed by atoms with Gasteiger partial charge in [-0.15, -0.1) is 0 Å². The number of carbonyl (C=O) groups excluding carboxylic acids is 1. The Bertz CT molecular complexity index is 1350.